The number of hydrogen-bond acceptors (Lipinski definition) is 15. The Hall–Kier alpha value is -9.53. The third-order valence-electron chi connectivity index (χ3n) is 15.3. The van der Waals surface area contributed by atoms with Crippen LogP contribution in [0.3, 0.4) is 0 Å². The fourth-order valence-electron chi connectivity index (χ4n) is 11.3. The Morgan fingerprint density at radius 1 is 0.655 bits per heavy atom. The van der Waals surface area contributed by atoms with E-state index in [9.17, 15) is 19.5 Å². The molecule has 1 fully saturated rings. The van der Waals surface area contributed by atoms with Gasteiger partial charge in [-0.2, -0.15) is 0 Å². The Morgan fingerprint density at radius 3 is 1.53 bits per heavy atom. The second-order valence-corrected chi connectivity index (χ2v) is 24.8. The highest BCUT2D eigenvalue weighted by Gasteiger charge is 2.56. The number of amides is 2. The third-order valence-corrected chi connectivity index (χ3v) is 20.3. The van der Waals surface area contributed by atoms with E-state index in [4.69, 9.17) is 14.6 Å². The van der Waals surface area contributed by atoms with Gasteiger partial charge in [0.1, 0.15) is 33.4 Å². The lowest BCUT2D eigenvalue weighted by molar-refractivity contribution is -0.165. The first-order valence-corrected chi connectivity index (χ1v) is 31.3. The first-order chi connectivity index (χ1) is 42.7. The minimum atomic E-state index is -2.05. The third kappa shape index (κ3) is 11.0. The molecule has 0 spiro atoms. The summed E-state index contributed by atoms with van der Waals surface area (Å²) < 4.78 is 4.92. The van der Waals surface area contributed by atoms with Crippen molar-refractivity contribution in [2.45, 2.75) is 37.6 Å². The molecule has 12 rings (SSSR count). The number of carboxylic acids is 1. The number of benzene rings is 8. The Balaban J connectivity index is 0.932. The Labute approximate surface area is 518 Å². The van der Waals surface area contributed by atoms with Crippen LogP contribution < -0.4 is 10.6 Å². The fourth-order valence-corrected chi connectivity index (χ4v) is 16.7. The van der Waals surface area contributed by atoms with Crippen molar-refractivity contribution in [3.05, 3.63) is 315 Å². The predicted octanol–water partition coefficient (Wildman–Crippen LogP) is 12.1. The van der Waals surface area contributed by atoms with Crippen LogP contribution in [0.1, 0.15) is 50.2 Å². The van der Waals surface area contributed by atoms with Crippen LogP contribution >= 0.6 is 46.6 Å². The molecular formula is C68H54N8O7S4. The molecular weight excluding hydrogens is 1170 g/mol. The van der Waals surface area contributed by atoms with Crippen molar-refractivity contribution >= 4 is 81.2 Å². The molecule has 10 aromatic rings. The summed E-state index contributed by atoms with van der Waals surface area (Å²) in [5.41, 5.74) is 1.72. The normalized spacial score (nSPS) is 15.6. The van der Waals surface area contributed by atoms with E-state index in [-0.39, 0.29) is 22.9 Å². The number of carbonyl (C=O) groups excluding carboxylic acids is 3. The molecule has 19 heteroatoms. The van der Waals surface area contributed by atoms with E-state index >= 15 is 4.79 Å². The van der Waals surface area contributed by atoms with Crippen LogP contribution in [-0.2, 0) is 45.3 Å². The maximum Gasteiger partial charge on any atom is 0.362 e. The molecule has 15 nitrogen and oxygen atoms in total. The quantitative estimate of drug-likeness (QED) is 0.00949. The molecule has 2 amide bonds. The van der Waals surface area contributed by atoms with Crippen LogP contribution in [-0.4, -0.2) is 88.7 Å². The van der Waals surface area contributed by atoms with Crippen molar-refractivity contribution in [3.8, 4) is 0 Å². The molecule has 1 unspecified atom stereocenters. The molecule has 2 aliphatic heterocycles. The lowest BCUT2D eigenvalue weighted by Gasteiger charge is -2.50. The summed E-state index contributed by atoms with van der Waals surface area (Å²) in [5, 5.41) is 35.6. The number of esters is 1. The van der Waals surface area contributed by atoms with Crippen molar-refractivity contribution in [1.82, 2.24) is 30.6 Å². The van der Waals surface area contributed by atoms with Gasteiger partial charge in [-0.25, -0.2) is 14.6 Å². The second-order valence-electron chi connectivity index (χ2n) is 20.2. The average Bonchev–Trinajstić information content (AvgIpc) is 1.36. The van der Waals surface area contributed by atoms with E-state index in [1.807, 2.05) is 146 Å². The van der Waals surface area contributed by atoms with Crippen LogP contribution in [0, 0.1) is 0 Å². The van der Waals surface area contributed by atoms with Gasteiger partial charge >= 0.3 is 11.9 Å². The molecule has 87 heavy (non-hydrogen) atoms. The maximum absolute atomic E-state index is 15.4. The number of aromatic amines is 1. The molecule has 0 bridgehead atoms. The molecule has 0 aliphatic carbocycles. The molecule has 3 atom stereocenters. The van der Waals surface area contributed by atoms with Gasteiger partial charge in [-0.15, -0.1) is 40.0 Å². The van der Waals surface area contributed by atoms with Crippen LogP contribution in [0.2, 0.25) is 0 Å². The van der Waals surface area contributed by atoms with Gasteiger partial charge in [0.25, 0.3) is 17.4 Å². The van der Waals surface area contributed by atoms with Gasteiger partial charge in [-0.05, 0) is 33.4 Å². The van der Waals surface area contributed by atoms with Gasteiger partial charge in [-0.3, -0.25) is 19.6 Å². The number of ether oxygens (including phenoxy) is 1. The lowest BCUT2D eigenvalue weighted by atomic mass is 9.70. The standard InChI is InChI=1S/C68H54N8O7S4/c1-82-63(81)68(51-38-22-8-23-39-51,52-40-24-9-25-41-52)83-74-56(53-43-85-65(70-53)72-67(48-32-16-5-17-33-48,49-34-18-6-19-35-49)50-36-20-7-21-37-50)59(77)71-57-60(78)76-58(62(79)80)54(44-84-61(57)76)86-64(87-55-42-69-75-73-55)66(45-26-10-2-11-27-45,46-28-12-3-13-29-46)47-30-14-4-15-31-47/h2-43,57,61,64H,44H2,1H3,(H,70,72)(H,71,77)(H,79,80)(H,69,73,75)/b74-56-/t57-,61+,64?/m1/s1. The largest absolute Gasteiger partial charge is 0.477 e. The van der Waals surface area contributed by atoms with E-state index in [2.05, 4.69) is 67.6 Å². The Kier molecular flexibility index (Phi) is 17.0. The number of thiazole rings is 1. The lowest BCUT2D eigenvalue weighted by Crippen LogP contribution is -2.71. The number of methoxy groups -OCH3 is 1. The molecule has 4 N–H and O–H groups in total. The predicted molar refractivity (Wildman–Crippen MR) is 341 cm³/mol. The number of oxime groups is 1. The summed E-state index contributed by atoms with van der Waals surface area (Å²) in [6, 6.07) is 76.2. The topological polar surface area (TPSA) is 201 Å². The van der Waals surface area contributed by atoms with Crippen molar-refractivity contribution in [2.24, 2.45) is 5.16 Å². The van der Waals surface area contributed by atoms with Gasteiger partial charge in [-0.1, -0.05) is 265 Å². The first kappa shape index (κ1) is 57.9. The first-order valence-electron chi connectivity index (χ1n) is 27.6. The molecule has 0 saturated carbocycles. The highest BCUT2D eigenvalue weighted by atomic mass is 32.2. The summed E-state index contributed by atoms with van der Waals surface area (Å²) >= 11 is 5.32. The number of β-lactam (4-membered cyclic amide) rings is 1. The van der Waals surface area contributed by atoms with E-state index in [0.29, 0.717) is 26.2 Å². The summed E-state index contributed by atoms with van der Waals surface area (Å²) in [7, 11) is 1.24. The van der Waals surface area contributed by atoms with E-state index < -0.39 is 56.3 Å². The van der Waals surface area contributed by atoms with E-state index in [1.54, 1.807) is 72.2 Å². The molecule has 8 aromatic carbocycles. The highest BCUT2D eigenvalue weighted by Crippen LogP contribution is 2.56. The van der Waals surface area contributed by atoms with Crippen molar-refractivity contribution < 1.29 is 33.9 Å². The number of hydrogen-bond donors (Lipinski definition) is 4. The summed E-state index contributed by atoms with van der Waals surface area (Å²) in [6.45, 7) is 0. The molecule has 4 heterocycles. The maximum atomic E-state index is 15.4. The van der Waals surface area contributed by atoms with Gasteiger partial charge in [0, 0.05) is 27.2 Å². The number of carboxylic acid groups (broad SMARTS) is 1. The number of aliphatic carboxylic acids is 1. The number of fused-ring (bicyclic) bond motifs is 1. The van der Waals surface area contributed by atoms with Crippen LogP contribution in [0.4, 0.5) is 5.13 Å². The second kappa shape index (κ2) is 25.6. The summed E-state index contributed by atoms with van der Waals surface area (Å²) in [4.78, 5) is 71.9. The average molecular weight is 1220 g/mol. The number of nitrogens with zero attached hydrogens (tertiary/aromatic N) is 5. The van der Waals surface area contributed by atoms with Crippen molar-refractivity contribution in [1.29, 1.82) is 0 Å². The number of nitrogens with one attached hydrogen (secondary N) is 3. The molecule has 0 radical (unpaired) electrons. The van der Waals surface area contributed by atoms with Crippen LogP contribution in [0.5, 0.6) is 0 Å². The van der Waals surface area contributed by atoms with Crippen LogP contribution in [0.25, 0.3) is 0 Å². The van der Waals surface area contributed by atoms with Crippen molar-refractivity contribution in [2.75, 3.05) is 18.2 Å². The Bertz CT molecular complexity index is 3850. The van der Waals surface area contributed by atoms with Crippen LogP contribution in [0.15, 0.2) is 275 Å². The number of rotatable bonds is 22. The molecule has 2 aliphatic rings. The fraction of sp³-hybridized carbons (Fsp3) is 0.118. The van der Waals surface area contributed by atoms with E-state index in [1.165, 1.54) is 58.6 Å². The van der Waals surface area contributed by atoms with E-state index in [0.717, 1.165) is 33.4 Å². The summed E-state index contributed by atoms with van der Waals surface area (Å²) in [5.74, 6) is -3.52. The summed E-state index contributed by atoms with van der Waals surface area (Å²) in [6.07, 6.45) is 1.70. The Morgan fingerprint density at radius 2 is 1.10 bits per heavy atom. The number of aromatic nitrogens is 4. The van der Waals surface area contributed by atoms with Gasteiger partial charge in [0.05, 0.1) is 23.3 Å². The zero-order chi connectivity index (χ0) is 59.8. The zero-order valence-corrected chi connectivity index (χ0v) is 49.7. The van der Waals surface area contributed by atoms with Gasteiger partial charge < -0.3 is 25.3 Å². The number of H-pyrrole nitrogens is 1. The van der Waals surface area contributed by atoms with Crippen molar-refractivity contribution in [3.63, 3.8) is 0 Å². The minimum Gasteiger partial charge on any atom is -0.477 e. The highest BCUT2D eigenvalue weighted by molar-refractivity contribution is 8.19. The smallest absolute Gasteiger partial charge is 0.362 e. The molecule has 2 aromatic heterocycles. The molecule has 432 valence electrons. The minimum absolute atomic E-state index is 0.0436. The number of thioether (sulfide) groups is 3. The van der Waals surface area contributed by atoms with Gasteiger partial charge in [0.15, 0.2) is 10.8 Å². The number of anilines is 1. The zero-order valence-electron chi connectivity index (χ0n) is 46.5. The molecule has 1 saturated heterocycles. The number of carbonyl (C=O) groups is 4. The monoisotopic (exact) mass is 1220 g/mol. The SMILES string of the molecule is COC(=O)C(O/N=C(\C(=O)N[C@@H]1C(=O)N2C(C(=O)O)=C(SC(Sc3c[nH]nn3)C(c3ccccc3)(c3ccccc3)c3ccccc3)CS[C@@H]12)c1csc(NC(c2ccccc2)(c2ccccc2)c2ccccc2)n1)(c1ccccc1)c1ccccc1. The van der Waals surface area contributed by atoms with Gasteiger partial charge in [0.2, 0.25) is 0 Å².